The Morgan fingerprint density at radius 2 is 2.05 bits per heavy atom. The zero-order valence-electron chi connectivity index (χ0n) is 11.5. The third kappa shape index (κ3) is 3.11. The first-order valence-electron chi connectivity index (χ1n) is 6.75. The van der Waals surface area contributed by atoms with Gasteiger partial charge in [0.25, 0.3) is 5.91 Å². The average Bonchev–Trinajstić information content (AvgIpc) is 2.46. The number of aromatic nitrogens is 1. The molecule has 0 atom stereocenters. The molecule has 4 heteroatoms. The molecule has 1 aromatic heterocycles. The van der Waals surface area contributed by atoms with Gasteiger partial charge in [0.05, 0.1) is 5.56 Å². The van der Waals surface area contributed by atoms with Crippen LogP contribution in [0.2, 0.25) is 0 Å². The molecule has 0 bridgehead atoms. The van der Waals surface area contributed by atoms with E-state index in [4.69, 9.17) is 5.26 Å². The summed E-state index contributed by atoms with van der Waals surface area (Å²) < 4.78 is 0. The largest absolute Gasteiger partial charge is 0.337 e. The van der Waals surface area contributed by atoms with Crippen LogP contribution in [0, 0.1) is 17.2 Å². The molecule has 4 nitrogen and oxygen atoms in total. The third-order valence-electron chi connectivity index (χ3n) is 3.97. The quantitative estimate of drug-likeness (QED) is 0.818. The van der Waals surface area contributed by atoms with Gasteiger partial charge < -0.3 is 4.90 Å². The summed E-state index contributed by atoms with van der Waals surface area (Å²) in [7, 11) is 1.85. The van der Waals surface area contributed by atoms with Crippen molar-refractivity contribution in [1.82, 2.24) is 9.88 Å². The van der Waals surface area contributed by atoms with Gasteiger partial charge in [0, 0.05) is 19.3 Å². The Morgan fingerprint density at radius 3 is 2.58 bits per heavy atom. The molecule has 0 spiro atoms. The number of nitrogens with zero attached hydrogens (tertiary/aromatic N) is 3. The Kier molecular flexibility index (Phi) is 4.16. The Bertz CT molecular complexity index is 481. The molecule has 19 heavy (non-hydrogen) atoms. The van der Waals surface area contributed by atoms with Crippen LogP contribution in [0.5, 0.6) is 0 Å². The Hall–Kier alpha value is -1.89. The van der Waals surface area contributed by atoms with Crippen molar-refractivity contribution in [2.45, 2.75) is 38.6 Å². The highest BCUT2D eigenvalue weighted by molar-refractivity contribution is 5.92. The molecule has 1 aliphatic rings. The van der Waals surface area contributed by atoms with E-state index in [1.54, 1.807) is 17.0 Å². The summed E-state index contributed by atoms with van der Waals surface area (Å²) in [4.78, 5) is 18.2. The monoisotopic (exact) mass is 257 g/mol. The zero-order chi connectivity index (χ0) is 13.8. The van der Waals surface area contributed by atoms with Gasteiger partial charge in [0.15, 0.2) is 0 Å². The van der Waals surface area contributed by atoms with Crippen LogP contribution >= 0.6 is 0 Å². The second-order valence-corrected chi connectivity index (χ2v) is 5.37. The predicted octanol–water partition coefficient (Wildman–Crippen LogP) is 2.60. The molecular formula is C15H19N3O. The maximum atomic E-state index is 12.3. The molecule has 2 rings (SSSR count). The van der Waals surface area contributed by atoms with Crippen molar-refractivity contribution >= 4 is 5.91 Å². The molecule has 1 heterocycles. The van der Waals surface area contributed by atoms with Gasteiger partial charge in [-0.2, -0.15) is 5.26 Å². The van der Waals surface area contributed by atoms with E-state index in [0.29, 0.717) is 17.3 Å². The number of pyridine rings is 1. The lowest BCUT2D eigenvalue weighted by atomic mass is 9.86. The van der Waals surface area contributed by atoms with Gasteiger partial charge in [0.1, 0.15) is 11.8 Å². The molecule has 100 valence electrons. The smallest absolute Gasteiger partial charge is 0.272 e. The standard InChI is InChI=1S/C15H19N3O/c1-11-3-6-13(7-4-11)18(2)15(19)14-8-5-12(9-16)10-17-14/h5,8,10-11,13H,3-4,6-7H2,1-2H3. The SMILES string of the molecule is CC1CCC(N(C)C(=O)c2ccc(C#N)cn2)CC1. The lowest BCUT2D eigenvalue weighted by molar-refractivity contribution is 0.0673. The van der Waals surface area contributed by atoms with Gasteiger partial charge in [-0.25, -0.2) is 4.98 Å². The topological polar surface area (TPSA) is 57.0 Å². The predicted molar refractivity (Wildman–Crippen MR) is 72.5 cm³/mol. The van der Waals surface area contributed by atoms with E-state index in [2.05, 4.69) is 11.9 Å². The van der Waals surface area contributed by atoms with Gasteiger partial charge in [-0.05, 0) is 43.7 Å². The number of hydrogen-bond donors (Lipinski definition) is 0. The van der Waals surface area contributed by atoms with E-state index in [1.165, 1.54) is 19.0 Å². The van der Waals surface area contributed by atoms with Crippen LogP contribution in [0.15, 0.2) is 18.3 Å². The van der Waals surface area contributed by atoms with E-state index in [-0.39, 0.29) is 5.91 Å². The number of amides is 1. The molecule has 1 saturated carbocycles. The lowest BCUT2D eigenvalue weighted by Crippen LogP contribution is -2.39. The van der Waals surface area contributed by atoms with Crippen LogP contribution in [0.3, 0.4) is 0 Å². The van der Waals surface area contributed by atoms with Crippen LogP contribution in [-0.2, 0) is 0 Å². The minimum atomic E-state index is -0.0518. The first-order valence-corrected chi connectivity index (χ1v) is 6.75. The van der Waals surface area contributed by atoms with E-state index in [1.807, 2.05) is 13.1 Å². The van der Waals surface area contributed by atoms with Crippen molar-refractivity contribution < 1.29 is 4.79 Å². The summed E-state index contributed by atoms with van der Waals surface area (Å²) in [5.74, 6) is 0.719. The number of hydrogen-bond acceptors (Lipinski definition) is 3. The van der Waals surface area contributed by atoms with Crippen molar-refractivity contribution in [3.63, 3.8) is 0 Å². The fourth-order valence-electron chi connectivity index (χ4n) is 2.56. The van der Waals surface area contributed by atoms with Gasteiger partial charge >= 0.3 is 0 Å². The average molecular weight is 257 g/mol. The van der Waals surface area contributed by atoms with Crippen LogP contribution < -0.4 is 0 Å². The number of carbonyl (C=O) groups excluding carboxylic acids is 1. The summed E-state index contributed by atoms with van der Waals surface area (Å²) in [5.41, 5.74) is 0.894. The fourth-order valence-corrected chi connectivity index (χ4v) is 2.56. The van der Waals surface area contributed by atoms with E-state index in [0.717, 1.165) is 18.8 Å². The van der Waals surface area contributed by atoms with Crippen molar-refractivity contribution in [3.8, 4) is 6.07 Å². The fraction of sp³-hybridized carbons (Fsp3) is 0.533. The van der Waals surface area contributed by atoms with E-state index < -0.39 is 0 Å². The van der Waals surface area contributed by atoms with Crippen LogP contribution in [0.4, 0.5) is 0 Å². The molecule has 1 fully saturated rings. The summed E-state index contributed by atoms with van der Waals surface area (Å²) in [5, 5.41) is 8.72. The van der Waals surface area contributed by atoms with Gasteiger partial charge in [-0.15, -0.1) is 0 Å². The normalized spacial score (nSPS) is 22.6. The molecule has 0 N–H and O–H groups in total. The van der Waals surface area contributed by atoms with Gasteiger partial charge in [0.2, 0.25) is 0 Å². The zero-order valence-corrected chi connectivity index (χ0v) is 11.5. The molecule has 0 saturated heterocycles. The highest BCUT2D eigenvalue weighted by Gasteiger charge is 2.25. The second kappa shape index (κ2) is 5.83. The molecule has 0 unspecified atom stereocenters. The molecular weight excluding hydrogens is 238 g/mol. The minimum absolute atomic E-state index is 0.0518. The molecule has 0 aliphatic heterocycles. The molecule has 1 aromatic rings. The van der Waals surface area contributed by atoms with Crippen LogP contribution in [0.25, 0.3) is 0 Å². The van der Waals surface area contributed by atoms with Crippen molar-refractivity contribution in [2.24, 2.45) is 5.92 Å². The Balaban J connectivity index is 2.04. The lowest BCUT2D eigenvalue weighted by Gasteiger charge is -2.33. The van der Waals surface area contributed by atoms with E-state index in [9.17, 15) is 4.79 Å². The summed E-state index contributed by atoms with van der Waals surface area (Å²) in [6.45, 7) is 2.26. The molecule has 0 aromatic carbocycles. The third-order valence-corrected chi connectivity index (χ3v) is 3.97. The Labute approximate surface area is 114 Å². The highest BCUT2D eigenvalue weighted by atomic mass is 16.2. The number of rotatable bonds is 2. The van der Waals surface area contributed by atoms with Crippen molar-refractivity contribution in [2.75, 3.05) is 7.05 Å². The Morgan fingerprint density at radius 1 is 1.37 bits per heavy atom. The second-order valence-electron chi connectivity index (χ2n) is 5.37. The molecule has 1 amide bonds. The van der Waals surface area contributed by atoms with Crippen molar-refractivity contribution in [1.29, 1.82) is 5.26 Å². The first kappa shape index (κ1) is 13.5. The number of carbonyl (C=O) groups is 1. The summed E-state index contributed by atoms with van der Waals surface area (Å²) in [6, 6.07) is 5.59. The molecule has 1 aliphatic carbocycles. The van der Waals surface area contributed by atoms with Crippen molar-refractivity contribution in [3.05, 3.63) is 29.6 Å². The van der Waals surface area contributed by atoms with Gasteiger partial charge in [-0.3, -0.25) is 4.79 Å². The molecule has 0 radical (unpaired) electrons. The highest BCUT2D eigenvalue weighted by Crippen LogP contribution is 2.27. The van der Waals surface area contributed by atoms with Gasteiger partial charge in [-0.1, -0.05) is 6.92 Å². The number of nitriles is 1. The minimum Gasteiger partial charge on any atom is -0.337 e. The first-order chi connectivity index (χ1) is 9.11. The van der Waals surface area contributed by atoms with E-state index >= 15 is 0 Å². The summed E-state index contributed by atoms with van der Waals surface area (Å²) in [6.07, 6.45) is 5.95. The maximum absolute atomic E-state index is 12.3. The maximum Gasteiger partial charge on any atom is 0.272 e. The van der Waals surface area contributed by atoms with Crippen LogP contribution in [-0.4, -0.2) is 28.9 Å². The summed E-state index contributed by atoms with van der Waals surface area (Å²) >= 11 is 0. The van der Waals surface area contributed by atoms with Crippen LogP contribution in [0.1, 0.15) is 48.7 Å².